The van der Waals surface area contributed by atoms with E-state index in [4.69, 9.17) is 29.2 Å². The minimum Gasteiger partial charge on any atom is -0.508 e. The summed E-state index contributed by atoms with van der Waals surface area (Å²) in [4.78, 5) is 29.5. The van der Waals surface area contributed by atoms with Crippen LogP contribution in [0.4, 0.5) is 22.0 Å². The van der Waals surface area contributed by atoms with E-state index < -0.39 is 51.4 Å². The second kappa shape index (κ2) is 63.1. The molecule has 12 rings (SSSR count). The van der Waals surface area contributed by atoms with E-state index in [2.05, 4.69) is 187 Å². The predicted octanol–water partition coefficient (Wildman–Crippen LogP) is 34.9. The van der Waals surface area contributed by atoms with Crippen LogP contribution in [0.5, 0.6) is 28.7 Å². The molecule has 4 unspecified atom stereocenters. The molecule has 26 heteroatoms. The van der Waals surface area contributed by atoms with Gasteiger partial charge >= 0.3 is 32.2 Å². The van der Waals surface area contributed by atoms with Crippen LogP contribution in [0.3, 0.4) is 0 Å². The third kappa shape index (κ3) is 38.3. The van der Waals surface area contributed by atoms with Crippen LogP contribution < -0.4 is 13.7 Å². The van der Waals surface area contributed by atoms with Crippen LogP contribution in [-0.4, -0.2) is 77.3 Å². The second-order valence-corrected chi connectivity index (χ2v) is 42.0. The molecule has 1 fully saturated rings. The smallest absolute Gasteiger partial charge is 0.480 e. The number of aryl methyl sites for hydroxylation is 1. The van der Waals surface area contributed by atoms with Gasteiger partial charge in [0, 0.05) is 33.4 Å². The average Bonchev–Trinajstić information content (AvgIpc) is 0.985. The summed E-state index contributed by atoms with van der Waals surface area (Å²) in [6.45, 7) is 32.6. The molecule has 1 aliphatic carbocycles. The molecule has 1 saturated carbocycles. The van der Waals surface area contributed by atoms with E-state index >= 15 is 0 Å². The van der Waals surface area contributed by atoms with Crippen molar-refractivity contribution in [2.45, 2.75) is 316 Å². The van der Waals surface area contributed by atoms with Crippen LogP contribution in [-0.2, 0) is 60.1 Å². The van der Waals surface area contributed by atoms with Gasteiger partial charge in [0.05, 0.1) is 35.9 Å². The number of rotatable bonds is 28. The molecule has 0 radical (unpaired) electrons. The predicted molar refractivity (Wildman–Crippen MR) is 578 cm³/mol. The molecule has 1 aromatic heterocycles. The Morgan fingerprint density at radius 2 is 0.790 bits per heavy atom. The highest BCUT2D eigenvalue weighted by atomic mass is 32.3. The van der Waals surface area contributed by atoms with Crippen molar-refractivity contribution in [3.8, 4) is 33.6 Å². The molecule has 138 heavy (non-hydrogen) atoms. The van der Waals surface area contributed by atoms with E-state index in [1.807, 2.05) is 127 Å². The molecule has 1 aliphatic rings. The zero-order chi connectivity index (χ0) is 95.0. The number of fused-ring (bicyclic) bond motifs is 3. The van der Waals surface area contributed by atoms with Crippen molar-refractivity contribution in [1.82, 2.24) is 0 Å². The number of carbonyl (C=O) groups excluding carboxylic acids is 2. The number of carbonyl (C=O) groups is 2. The van der Waals surface area contributed by atoms with Crippen molar-refractivity contribution in [1.29, 1.82) is 0 Å². The minimum atomic E-state index is -7.03. The molecule has 0 amide bonds. The SMILES string of the molecule is C.C.C.C.C.C.C.C.C.C.CCC(C)(C)C(=O)OC(C)c1ccccc1.CCC(C)(C)C(=O)OC(CC)(CC)C1CCCCC1.CCC(C)c1ccc(O)cc1.CCC(C)c1ccc(O)cc1.CCC(C)c1ccc(OS(=O)(=O)C(F)(F)S(=O)(=O)[N-]S(=O)(=O)C(F)(F)F)cc1.COc1cccc([S+](c2cccc(C)c2)c2cccc(OC)c2)c1.c1ccc(-[s+]2c3ccccc3c3ccccc32)cc1. The van der Waals surface area contributed by atoms with Crippen LogP contribution in [0.1, 0.15) is 307 Å². The summed E-state index contributed by atoms with van der Waals surface area (Å²) < 4.78 is 155. The summed E-state index contributed by atoms with van der Waals surface area (Å²) in [5.41, 5.74) is -1.77. The lowest BCUT2D eigenvalue weighted by Gasteiger charge is -2.42. The van der Waals surface area contributed by atoms with Crippen molar-refractivity contribution in [3.63, 3.8) is 0 Å². The van der Waals surface area contributed by atoms with Crippen molar-refractivity contribution in [2.75, 3.05) is 14.2 Å². The Bertz CT molecular complexity index is 5460. The highest BCUT2D eigenvalue weighted by Gasteiger charge is 2.58. The summed E-state index contributed by atoms with van der Waals surface area (Å²) in [7, 11) is -17.2. The van der Waals surface area contributed by atoms with Gasteiger partial charge in [-0.1, -0.05) is 296 Å². The largest absolute Gasteiger partial charge is 0.508 e. The molecular formula is C112H167F5NO15S5+. The molecule has 0 aliphatic heterocycles. The van der Waals surface area contributed by atoms with E-state index in [1.54, 1.807) is 45.4 Å². The number of aromatic hydroxyl groups is 2. The summed E-state index contributed by atoms with van der Waals surface area (Å²) in [5, 5.41) is 20.8. The molecule has 4 atom stereocenters. The second-order valence-electron chi connectivity index (χ2n) is 32.7. The van der Waals surface area contributed by atoms with Crippen LogP contribution in [0.25, 0.3) is 29.2 Å². The molecule has 2 N–H and O–H groups in total. The highest BCUT2D eigenvalue weighted by Crippen LogP contribution is 2.49. The summed E-state index contributed by atoms with van der Waals surface area (Å²) in [6, 6.07) is 82.7. The molecule has 0 spiro atoms. The number of esters is 2. The summed E-state index contributed by atoms with van der Waals surface area (Å²) in [5.74, 6) is 3.28. The maximum atomic E-state index is 13.8. The lowest BCUT2D eigenvalue weighted by Crippen LogP contribution is -2.45. The number of phenolic OH excluding ortho intramolecular Hbond substituents is 2. The quantitative estimate of drug-likeness (QED) is 0.0201. The van der Waals surface area contributed by atoms with Gasteiger partial charge in [0.2, 0.25) is 0 Å². The Kier molecular flexibility index (Phi) is 62.4. The Morgan fingerprint density at radius 3 is 1.16 bits per heavy atom. The Morgan fingerprint density at radius 1 is 0.428 bits per heavy atom. The third-order valence-electron chi connectivity index (χ3n) is 23.0. The standard InChI is InChI=1S/C21H21O2S.C18H13S.C17H32O2.C14H20O2.C12H13F5NO7S3.2C10H14O.10CH4/c1-16-7-4-10-19(13-16)24(20-11-5-8-17(14-20)22-2)21-12-6-9-18(15-21)23-3;1-2-8-14(9-3-1)19-17-12-6-4-10-15(17)16-11-5-7-13-18(16)19;1-6-16(4,5)15(18)19-17(7-2,8-3)14-12-10-9-11-13-14;1-5-14(3,4)13(15)16-11(2)12-9-7-6-8-10-12;1-3-8(2)9-4-6-10(7-5-9)25-28(23,24)12(16,17)27(21,22)18-26(19,20)11(13,14)15;2*1-3-8(2)9-4-6-10(11)7-5-9;;;;;;;;;;/h4-15H,1-3H3;1-13H;14H,6-13H2,1-5H3;6-11H,5H2,1-4H3;4-8H,3H2,1-2H3;2*4-8,11H,3H2,1-2H3;10*1H4/q2*+1;;;-1;;;;;;;;;;;;. The van der Waals surface area contributed by atoms with Gasteiger partial charge in [-0.3, -0.25) is 9.59 Å². The summed E-state index contributed by atoms with van der Waals surface area (Å²) >= 11 is 0. The highest BCUT2D eigenvalue weighted by molar-refractivity contribution is 8.18. The van der Waals surface area contributed by atoms with Crippen molar-refractivity contribution >= 4 is 83.6 Å². The van der Waals surface area contributed by atoms with Gasteiger partial charge in [0.1, 0.15) is 40.5 Å². The van der Waals surface area contributed by atoms with Gasteiger partial charge in [-0.05, 0) is 260 Å². The third-order valence-corrected chi connectivity index (χ3v) is 32.5. The number of hydrogen-bond acceptors (Lipinski definition) is 15. The first-order chi connectivity index (χ1) is 60.4. The average molecular weight is 2020 g/mol. The normalized spacial score (nSPS) is 12.6. The first-order valence-electron chi connectivity index (χ1n) is 43.3. The number of benzene rings is 10. The monoisotopic (exact) mass is 2020 g/mol. The van der Waals surface area contributed by atoms with E-state index in [0.717, 1.165) is 71.8 Å². The first-order valence-corrected chi connectivity index (χ1v) is 50.0. The van der Waals surface area contributed by atoms with Gasteiger partial charge in [0.15, 0.2) is 49.0 Å². The lowest BCUT2D eigenvalue weighted by atomic mass is 9.73. The van der Waals surface area contributed by atoms with E-state index in [1.165, 1.54) is 101 Å². The van der Waals surface area contributed by atoms with Gasteiger partial charge in [-0.2, -0.15) is 30.4 Å². The minimum absolute atomic E-state index is 0. The molecular weight excluding hydrogens is 1850 g/mol. The Hall–Kier alpha value is -9.83. The maximum absolute atomic E-state index is 13.8. The van der Waals surface area contributed by atoms with E-state index in [9.17, 15) is 56.8 Å². The molecule has 774 valence electrons. The van der Waals surface area contributed by atoms with Crippen LogP contribution in [0, 0.1) is 23.7 Å². The van der Waals surface area contributed by atoms with Gasteiger partial charge in [-0.15, -0.1) is 0 Å². The maximum Gasteiger partial charge on any atom is 0.480 e. The number of thiophene rings is 1. The summed E-state index contributed by atoms with van der Waals surface area (Å²) in [6.07, 6.45) is 12.7. The number of methoxy groups -OCH3 is 2. The fourth-order valence-corrected chi connectivity index (χ4v) is 21.6. The number of halogens is 5. The molecule has 16 nitrogen and oxygen atoms in total. The Balaban J connectivity index is -0.000000502. The zero-order valence-corrected chi connectivity index (χ0v) is 80.8. The number of hydrogen-bond donors (Lipinski definition) is 2. The van der Waals surface area contributed by atoms with Gasteiger partial charge in [-0.25, -0.2) is 16.8 Å². The van der Waals surface area contributed by atoms with Crippen LogP contribution in [0.2, 0.25) is 0 Å². The van der Waals surface area contributed by atoms with Crippen LogP contribution in [0.15, 0.2) is 269 Å². The Labute approximate surface area is 835 Å². The number of sulfonamides is 2. The molecule has 0 bridgehead atoms. The fraction of sp³-hybridized carbons (Fsp3) is 0.446. The first kappa shape index (κ1) is 137. The fourth-order valence-electron chi connectivity index (χ4n) is 13.4. The molecule has 1 heterocycles. The number of phenols is 2. The van der Waals surface area contributed by atoms with E-state index in [-0.39, 0.29) is 131 Å². The van der Waals surface area contributed by atoms with Crippen LogP contribution >= 0.6 is 10.5 Å². The molecule has 0 saturated heterocycles. The van der Waals surface area contributed by atoms with Gasteiger partial charge < -0.3 is 37.5 Å². The van der Waals surface area contributed by atoms with Crippen molar-refractivity contribution in [3.05, 3.63) is 287 Å². The molecule has 11 aromatic rings. The molecule has 10 aromatic carbocycles. The van der Waals surface area contributed by atoms with Crippen molar-refractivity contribution in [2.24, 2.45) is 16.7 Å². The number of alkyl halides is 5. The van der Waals surface area contributed by atoms with E-state index in [0.29, 0.717) is 41.2 Å². The van der Waals surface area contributed by atoms with Crippen molar-refractivity contribution < 1.29 is 90.1 Å². The zero-order valence-electron chi connectivity index (χ0n) is 76.7. The number of ether oxygens (including phenoxy) is 4. The lowest BCUT2D eigenvalue weighted by molar-refractivity contribution is -0.180. The number of nitrogens with zero attached hydrogens (tertiary/aromatic N) is 1. The van der Waals surface area contributed by atoms with Gasteiger partial charge in [0.25, 0.3) is 0 Å². The topological polar surface area (TPSA) is 237 Å².